The lowest BCUT2D eigenvalue weighted by Gasteiger charge is -2.17. The molecular formula is C18H18FN3O2. The fourth-order valence-corrected chi connectivity index (χ4v) is 2.66. The molecule has 0 spiro atoms. The molecule has 2 aromatic rings. The first-order chi connectivity index (χ1) is 11.5. The molecule has 2 amide bonds. The van der Waals surface area contributed by atoms with Crippen molar-refractivity contribution >= 4 is 28.9 Å². The van der Waals surface area contributed by atoms with Gasteiger partial charge in [-0.1, -0.05) is 0 Å². The molecule has 1 saturated heterocycles. The second kappa shape index (κ2) is 6.31. The van der Waals surface area contributed by atoms with Gasteiger partial charge < -0.3 is 10.2 Å². The summed E-state index contributed by atoms with van der Waals surface area (Å²) in [6.07, 6.45) is 0.0750. The molecule has 2 aromatic carbocycles. The monoisotopic (exact) mass is 327 g/mol. The molecule has 1 aliphatic rings. The lowest BCUT2D eigenvalue weighted by atomic mass is 10.2. The van der Waals surface area contributed by atoms with Crippen LogP contribution in [0.15, 0.2) is 48.5 Å². The van der Waals surface area contributed by atoms with Crippen molar-refractivity contribution in [2.45, 2.75) is 12.5 Å². The molecular weight excluding hydrogens is 309 g/mol. The van der Waals surface area contributed by atoms with Crippen LogP contribution in [0, 0.1) is 5.82 Å². The van der Waals surface area contributed by atoms with Gasteiger partial charge in [0.2, 0.25) is 5.91 Å². The minimum absolute atomic E-state index is 0.0750. The van der Waals surface area contributed by atoms with Crippen molar-refractivity contribution in [1.29, 1.82) is 0 Å². The molecule has 0 aliphatic carbocycles. The van der Waals surface area contributed by atoms with E-state index < -0.39 is 11.9 Å². The number of benzene rings is 2. The van der Waals surface area contributed by atoms with Crippen LogP contribution in [0.3, 0.4) is 0 Å². The highest BCUT2D eigenvalue weighted by molar-refractivity contribution is 6.23. The number of nitrogens with zero attached hydrogens (tertiary/aromatic N) is 2. The maximum Gasteiger partial charge on any atom is 0.256 e. The standard InChI is InChI=1S/C18H18FN3O2/c1-21(2)14-9-5-13(6-10-14)20-16-11-17(23)22(18(16)24)15-7-3-12(19)4-8-15/h3-10,16,20H,11H2,1-2H3/t16-/m1/s1. The van der Waals surface area contributed by atoms with E-state index in [1.807, 2.05) is 43.3 Å². The Bertz CT molecular complexity index is 757. The van der Waals surface area contributed by atoms with E-state index in [4.69, 9.17) is 0 Å². The summed E-state index contributed by atoms with van der Waals surface area (Å²) in [7, 11) is 3.89. The first-order valence-corrected chi connectivity index (χ1v) is 7.62. The average molecular weight is 327 g/mol. The van der Waals surface area contributed by atoms with Gasteiger partial charge in [0, 0.05) is 25.5 Å². The largest absolute Gasteiger partial charge is 0.378 e. The summed E-state index contributed by atoms with van der Waals surface area (Å²) in [5.41, 5.74) is 2.20. The summed E-state index contributed by atoms with van der Waals surface area (Å²) < 4.78 is 13.0. The van der Waals surface area contributed by atoms with Crippen LogP contribution in [-0.4, -0.2) is 32.0 Å². The molecule has 0 radical (unpaired) electrons. The number of carbonyl (C=O) groups is 2. The lowest BCUT2D eigenvalue weighted by Crippen LogP contribution is -2.34. The van der Waals surface area contributed by atoms with E-state index in [2.05, 4.69) is 5.32 Å². The molecule has 6 heteroatoms. The van der Waals surface area contributed by atoms with E-state index in [1.165, 1.54) is 24.3 Å². The topological polar surface area (TPSA) is 52.7 Å². The van der Waals surface area contributed by atoms with E-state index in [9.17, 15) is 14.0 Å². The summed E-state index contributed by atoms with van der Waals surface area (Å²) in [6, 6.07) is 12.3. The van der Waals surface area contributed by atoms with Crippen molar-refractivity contribution in [2.75, 3.05) is 29.2 Å². The Labute approximate surface area is 139 Å². The van der Waals surface area contributed by atoms with Gasteiger partial charge in [0.25, 0.3) is 5.91 Å². The van der Waals surface area contributed by atoms with E-state index in [0.717, 1.165) is 16.3 Å². The number of anilines is 3. The molecule has 24 heavy (non-hydrogen) atoms. The first-order valence-electron chi connectivity index (χ1n) is 7.62. The summed E-state index contributed by atoms with van der Waals surface area (Å²) >= 11 is 0. The Kier molecular flexibility index (Phi) is 4.20. The minimum Gasteiger partial charge on any atom is -0.378 e. The van der Waals surface area contributed by atoms with Gasteiger partial charge in [-0.05, 0) is 48.5 Å². The molecule has 1 heterocycles. The Morgan fingerprint density at radius 1 is 1.04 bits per heavy atom. The van der Waals surface area contributed by atoms with Gasteiger partial charge in [-0.2, -0.15) is 0 Å². The van der Waals surface area contributed by atoms with Crippen LogP contribution in [-0.2, 0) is 9.59 Å². The Morgan fingerprint density at radius 3 is 2.25 bits per heavy atom. The second-order valence-electron chi connectivity index (χ2n) is 5.89. The van der Waals surface area contributed by atoms with Gasteiger partial charge in [-0.25, -0.2) is 9.29 Å². The zero-order valence-corrected chi connectivity index (χ0v) is 13.5. The van der Waals surface area contributed by atoms with E-state index in [1.54, 1.807) is 0 Å². The number of rotatable bonds is 4. The van der Waals surface area contributed by atoms with Crippen LogP contribution in [0.1, 0.15) is 6.42 Å². The highest BCUT2D eigenvalue weighted by Gasteiger charge is 2.39. The zero-order valence-electron chi connectivity index (χ0n) is 13.5. The van der Waals surface area contributed by atoms with Gasteiger partial charge in [0.1, 0.15) is 11.9 Å². The third kappa shape index (κ3) is 3.08. The highest BCUT2D eigenvalue weighted by atomic mass is 19.1. The fraction of sp³-hybridized carbons (Fsp3) is 0.222. The maximum absolute atomic E-state index is 13.0. The second-order valence-corrected chi connectivity index (χ2v) is 5.89. The van der Waals surface area contributed by atoms with Gasteiger partial charge in [-0.15, -0.1) is 0 Å². The van der Waals surface area contributed by atoms with Gasteiger partial charge >= 0.3 is 0 Å². The number of nitrogens with one attached hydrogen (secondary N) is 1. The van der Waals surface area contributed by atoms with Crippen molar-refractivity contribution in [3.8, 4) is 0 Å². The smallest absolute Gasteiger partial charge is 0.256 e. The minimum atomic E-state index is -0.618. The predicted octanol–water partition coefficient (Wildman–Crippen LogP) is 2.64. The maximum atomic E-state index is 13.0. The molecule has 1 fully saturated rings. The number of amides is 2. The molecule has 1 aliphatic heterocycles. The van der Waals surface area contributed by atoms with E-state index in [0.29, 0.717) is 5.69 Å². The number of halogens is 1. The third-order valence-corrected chi connectivity index (χ3v) is 3.96. The number of hydrogen-bond donors (Lipinski definition) is 1. The van der Waals surface area contributed by atoms with Crippen molar-refractivity contribution in [2.24, 2.45) is 0 Å². The average Bonchev–Trinajstić information content (AvgIpc) is 2.83. The molecule has 3 rings (SSSR count). The van der Waals surface area contributed by atoms with Gasteiger partial charge in [-0.3, -0.25) is 9.59 Å². The summed E-state index contributed by atoms with van der Waals surface area (Å²) in [5.74, 6) is -1.04. The number of carbonyl (C=O) groups excluding carboxylic acids is 2. The zero-order chi connectivity index (χ0) is 17.3. The van der Waals surface area contributed by atoms with Crippen molar-refractivity contribution in [1.82, 2.24) is 0 Å². The van der Waals surface area contributed by atoms with Crippen LogP contribution in [0.2, 0.25) is 0 Å². The summed E-state index contributed by atoms with van der Waals surface area (Å²) in [4.78, 5) is 27.8. The van der Waals surface area contributed by atoms with Crippen LogP contribution < -0.4 is 15.1 Å². The molecule has 1 atom stereocenters. The number of imide groups is 1. The summed E-state index contributed by atoms with van der Waals surface area (Å²) in [6.45, 7) is 0. The third-order valence-electron chi connectivity index (χ3n) is 3.96. The molecule has 1 N–H and O–H groups in total. The molecule has 5 nitrogen and oxygen atoms in total. The highest BCUT2D eigenvalue weighted by Crippen LogP contribution is 2.25. The van der Waals surface area contributed by atoms with E-state index in [-0.39, 0.29) is 18.2 Å². The predicted molar refractivity (Wildman–Crippen MR) is 91.7 cm³/mol. The Morgan fingerprint density at radius 2 is 1.67 bits per heavy atom. The van der Waals surface area contributed by atoms with Gasteiger partial charge in [0.05, 0.1) is 12.1 Å². The van der Waals surface area contributed by atoms with Crippen LogP contribution in [0.25, 0.3) is 0 Å². The fourth-order valence-electron chi connectivity index (χ4n) is 2.66. The van der Waals surface area contributed by atoms with Crippen LogP contribution in [0.5, 0.6) is 0 Å². The van der Waals surface area contributed by atoms with Gasteiger partial charge in [0.15, 0.2) is 0 Å². The SMILES string of the molecule is CN(C)c1ccc(N[C@@H]2CC(=O)N(c3ccc(F)cc3)C2=O)cc1. The molecule has 0 bridgehead atoms. The van der Waals surface area contributed by atoms with Crippen molar-refractivity contribution in [3.05, 3.63) is 54.3 Å². The van der Waals surface area contributed by atoms with E-state index >= 15 is 0 Å². The van der Waals surface area contributed by atoms with Crippen molar-refractivity contribution < 1.29 is 14.0 Å². The molecule has 0 saturated carbocycles. The normalized spacial score (nSPS) is 17.3. The molecule has 0 aromatic heterocycles. The van der Waals surface area contributed by atoms with Crippen molar-refractivity contribution in [3.63, 3.8) is 0 Å². The number of hydrogen-bond acceptors (Lipinski definition) is 4. The molecule has 0 unspecified atom stereocenters. The Balaban J connectivity index is 1.75. The Hall–Kier alpha value is -2.89. The molecule has 124 valence electrons. The van der Waals surface area contributed by atoms with Crippen LogP contribution in [0.4, 0.5) is 21.5 Å². The lowest BCUT2D eigenvalue weighted by molar-refractivity contribution is -0.121. The first kappa shape index (κ1) is 16.0. The quantitative estimate of drug-likeness (QED) is 0.877. The summed E-state index contributed by atoms with van der Waals surface area (Å²) in [5, 5.41) is 3.09. The van der Waals surface area contributed by atoms with Crippen LogP contribution >= 0.6 is 0 Å².